The number of aromatic nitrogens is 2. The van der Waals surface area contributed by atoms with Crippen molar-refractivity contribution in [1.29, 1.82) is 0 Å². The molecule has 258 valence electrons. The van der Waals surface area contributed by atoms with Crippen LogP contribution < -0.4 is 15.4 Å². The molecule has 6 aromatic rings. The van der Waals surface area contributed by atoms with Crippen molar-refractivity contribution in [1.82, 2.24) is 9.97 Å². The zero-order valence-electron chi connectivity index (χ0n) is 27.0. The Labute approximate surface area is 289 Å². The fraction of sp³-hybridized carbons (Fsp3) is 0.0526. The highest BCUT2D eigenvalue weighted by molar-refractivity contribution is 5.95. The Morgan fingerprint density at radius 2 is 1.29 bits per heavy atom. The molecule has 2 aromatic heterocycles. The third-order valence-electron chi connectivity index (χ3n) is 7.38. The molecule has 51 heavy (non-hydrogen) atoms. The van der Waals surface area contributed by atoms with Crippen LogP contribution in [0.1, 0.15) is 26.3 Å². The molecule has 13 heteroatoms. The van der Waals surface area contributed by atoms with Crippen LogP contribution in [0.25, 0.3) is 22.3 Å². The van der Waals surface area contributed by atoms with E-state index >= 15 is 0 Å². The first kappa shape index (κ1) is 35.4. The van der Waals surface area contributed by atoms with Crippen molar-refractivity contribution in [3.63, 3.8) is 0 Å². The Hall–Kier alpha value is -6.89. The van der Waals surface area contributed by atoms with Gasteiger partial charge in [0.05, 0.1) is 12.8 Å². The van der Waals surface area contributed by atoms with E-state index in [1.165, 1.54) is 48.8 Å². The number of pyridine rings is 2. The summed E-state index contributed by atoms with van der Waals surface area (Å²) in [6.45, 7) is 1.74. The highest BCUT2D eigenvalue weighted by Crippen LogP contribution is 2.32. The van der Waals surface area contributed by atoms with E-state index < -0.39 is 35.1 Å². The summed E-state index contributed by atoms with van der Waals surface area (Å²) in [6.07, 6.45) is 2.84. The average molecular weight is 695 g/mol. The minimum Gasteiger partial charge on any atom is -0.508 e. The fourth-order valence-corrected chi connectivity index (χ4v) is 4.90. The Bertz CT molecular complexity index is 2230. The minimum absolute atomic E-state index is 0.0127. The normalized spacial score (nSPS) is 10.5. The zero-order valence-corrected chi connectivity index (χ0v) is 27.0. The third kappa shape index (κ3) is 8.59. The molecular weight excluding hydrogens is 665 g/mol. The number of carboxylic acid groups (broad SMARTS) is 2. The summed E-state index contributed by atoms with van der Waals surface area (Å²) in [7, 11) is 1.57. The predicted octanol–water partition coefficient (Wildman–Crippen LogP) is 8.82. The lowest BCUT2D eigenvalue weighted by Gasteiger charge is -2.12. The van der Waals surface area contributed by atoms with Gasteiger partial charge in [-0.25, -0.2) is 32.7 Å². The monoisotopic (exact) mass is 694 g/mol. The van der Waals surface area contributed by atoms with E-state index in [1.807, 2.05) is 24.3 Å². The van der Waals surface area contributed by atoms with Crippen LogP contribution in [0.3, 0.4) is 0 Å². The van der Waals surface area contributed by atoms with Crippen molar-refractivity contribution >= 4 is 34.9 Å². The minimum atomic E-state index is -1.27. The Morgan fingerprint density at radius 1 is 0.667 bits per heavy atom. The van der Waals surface area contributed by atoms with Gasteiger partial charge in [0.25, 0.3) is 0 Å². The van der Waals surface area contributed by atoms with E-state index in [2.05, 4.69) is 20.6 Å². The highest BCUT2D eigenvalue weighted by Gasteiger charge is 2.18. The average Bonchev–Trinajstić information content (AvgIpc) is 3.11. The topological polar surface area (TPSA) is 154 Å². The summed E-state index contributed by atoms with van der Waals surface area (Å²) in [6, 6.07) is 24.3. The number of aromatic carboxylic acids is 2. The molecule has 4 aromatic carbocycles. The first-order chi connectivity index (χ1) is 24.4. The number of rotatable bonds is 9. The van der Waals surface area contributed by atoms with Crippen molar-refractivity contribution in [2.45, 2.75) is 6.92 Å². The van der Waals surface area contributed by atoms with Gasteiger partial charge in [-0.3, -0.25) is 0 Å². The van der Waals surface area contributed by atoms with Gasteiger partial charge in [0.2, 0.25) is 0 Å². The number of carboxylic acids is 2. The summed E-state index contributed by atoms with van der Waals surface area (Å²) >= 11 is 0. The maximum atomic E-state index is 14.5. The molecule has 2 heterocycles. The zero-order chi connectivity index (χ0) is 36.7. The first-order valence-corrected chi connectivity index (χ1v) is 15.1. The second kappa shape index (κ2) is 15.6. The number of aromatic hydroxyl groups is 1. The van der Waals surface area contributed by atoms with Crippen molar-refractivity contribution in [2.24, 2.45) is 0 Å². The number of methoxy groups -OCH3 is 1. The van der Waals surface area contributed by atoms with Crippen LogP contribution in [0, 0.1) is 24.4 Å². The maximum absolute atomic E-state index is 14.5. The number of nitrogens with one attached hydrogen (secondary N) is 2. The Kier molecular flexibility index (Phi) is 10.8. The number of hydrogen-bond acceptors (Lipinski definition) is 8. The summed E-state index contributed by atoms with van der Waals surface area (Å²) in [5, 5.41) is 33.0. The number of nitrogens with zero attached hydrogens (tertiary/aromatic N) is 2. The molecule has 0 atom stereocenters. The van der Waals surface area contributed by atoms with Crippen LogP contribution in [-0.2, 0) is 0 Å². The molecule has 0 aliphatic rings. The van der Waals surface area contributed by atoms with E-state index in [4.69, 9.17) is 9.84 Å². The van der Waals surface area contributed by atoms with Crippen molar-refractivity contribution in [2.75, 3.05) is 17.7 Å². The van der Waals surface area contributed by atoms with Crippen molar-refractivity contribution < 1.29 is 42.8 Å². The molecule has 5 N–H and O–H groups in total. The molecule has 10 nitrogen and oxygen atoms in total. The van der Waals surface area contributed by atoms with Crippen molar-refractivity contribution in [3.05, 3.63) is 144 Å². The van der Waals surface area contributed by atoms with Gasteiger partial charge >= 0.3 is 11.9 Å². The lowest BCUT2D eigenvalue weighted by atomic mass is 10.0. The van der Waals surface area contributed by atoms with Crippen LogP contribution in [0.4, 0.5) is 36.2 Å². The van der Waals surface area contributed by atoms with Gasteiger partial charge in [0.1, 0.15) is 57.4 Å². The molecule has 0 saturated carbocycles. The standard InChI is InChI=1S/C20H17FN2O3.C18H12F2N2O3/c1-12-8-16(20(24)25)19(22-11-12)23-18-7-6-14(10-17(18)21)13-4-3-5-15(9-13)26-2;19-14-8-11(10-3-1-4-12(23)7-10)9-15(20)16(14)22-17-13(18(24)25)5-2-6-21-17/h3-11H,1-2H3,(H,22,23)(H,24,25);1-9,23H,(H,21,22)(H,24,25). The number of phenolic OH excluding ortho intramolecular Hbond substituents is 1. The summed E-state index contributed by atoms with van der Waals surface area (Å²) in [5.74, 6) is -4.16. The van der Waals surface area contributed by atoms with E-state index in [9.17, 15) is 33.0 Å². The second-order valence-corrected chi connectivity index (χ2v) is 11.0. The second-order valence-electron chi connectivity index (χ2n) is 11.0. The number of hydrogen-bond donors (Lipinski definition) is 5. The van der Waals surface area contributed by atoms with Gasteiger partial charge in [0, 0.05) is 12.4 Å². The van der Waals surface area contributed by atoms with Crippen molar-refractivity contribution in [3.8, 4) is 33.8 Å². The number of phenols is 1. The SMILES string of the molecule is COc1cccc(-c2ccc(Nc3ncc(C)cc3C(=O)O)c(F)c2)c1.O=C(O)c1cccnc1Nc1c(F)cc(-c2cccc(O)c2)cc1F. The summed E-state index contributed by atoms with van der Waals surface area (Å²) < 4.78 is 48.5. The molecule has 0 aliphatic heterocycles. The van der Waals surface area contributed by atoms with E-state index in [-0.39, 0.29) is 39.8 Å². The molecule has 0 aliphatic carbocycles. The lowest BCUT2D eigenvalue weighted by Crippen LogP contribution is -2.06. The molecule has 6 rings (SSSR count). The van der Waals surface area contributed by atoms with Gasteiger partial charge in [0.15, 0.2) is 0 Å². The highest BCUT2D eigenvalue weighted by atomic mass is 19.1. The maximum Gasteiger partial charge on any atom is 0.339 e. The van der Waals surface area contributed by atoms with Crippen LogP contribution in [0.15, 0.2) is 109 Å². The first-order valence-electron chi connectivity index (χ1n) is 15.1. The Morgan fingerprint density at radius 3 is 1.94 bits per heavy atom. The molecule has 0 amide bonds. The molecule has 0 bridgehead atoms. The Balaban J connectivity index is 0.000000198. The van der Waals surface area contributed by atoms with Crippen LogP contribution in [0.2, 0.25) is 0 Å². The number of benzene rings is 4. The van der Waals surface area contributed by atoms with E-state index in [0.717, 1.165) is 17.7 Å². The molecule has 0 spiro atoms. The van der Waals surface area contributed by atoms with Gasteiger partial charge in [-0.1, -0.05) is 30.3 Å². The van der Waals surface area contributed by atoms with Gasteiger partial charge in [-0.05, 0) is 101 Å². The number of carbonyl (C=O) groups is 2. The third-order valence-corrected chi connectivity index (χ3v) is 7.38. The fourth-order valence-electron chi connectivity index (χ4n) is 4.90. The summed E-state index contributed by atoms with van der Waals surface area (Å²) in [5.41, 5.74) is 2.29. The van der Waals surface area contributed by atoms with E-state index in [1.54, 1.807) is 38.3 Å². The number of aryl methyl sites for hydroxylation is 1. The van der Waals surface area contributed by atoms with Gasteiger partial charge in [-0.2, -0.15) is 0 Å². The quantitative estimate of drug-likeness (QED) is 0.0992. The molecular formula is C38H29F3N4O6. The molecule has 0 fully saturated rings. The number of ether oxygens (including phenoxy) is 1. The lowest BCUT2D eigenvalue weighted by molar-refractivity contribution is 0.0686. The smallest absolute Gasteiger partial charge is 0.339 e. The number of anilines is 4. The largest absolute Gasteiger partial charge is 0.508 e. The molecule has 0 unspecified atom stereocenters. The predicted molar refractivity (Wildman–Crippen MR) is 186 cm³/mol. The van der Waals surface area contributed by atoms with Crippen LogP contribution >= 0.6 is 0 Å². The number of halogens is 3. The summed E-state index contributed by atoms with van der Waals surface area (Å²) in [4.78, 5) is 30.4. The molecule has 0 saturated heterocycles. The molecule has 0 radical (unpaired) electrons. The van der Waals surface area contributed by atoms with Gasteiger partial charge < -0.3 is 30.7 Å². The van der Waals surface area contributed by atoms with Crippen LogP contribution in [-0.4, -0.2) is 44.3 Å². The van der Waals surface area contributed by atoms with E-state index in [0.29, 0.717) is 22.4 Å². The van der Waals surface area contributed by atoms with Crippen LogP contribution in [0.5, 0.6) is 11.5 Å². The van der Waals surface area contributed by atoms with Gasteiger partial charge in [-0.15, -0.1) is 0 Å².